The van der Waals surface area contributed by atoms with E-state index in [4.69, 9.17) is 14.2 Å². The standard InChI is InChI=1S/C26H36N2O7/c1-5-6-7-8-9-10-11-26(30)27(17-19-12-13-22(29)23(14-19)33-2)18-20-15-24(34-3)25(35-4)16-21(20)28(31)32/h12-16,29H,5-11,17-18H2,1-4H3. The highest BCUT2D eigenvalue weighted by atomic mass is 16.6. The molecule has 0 aliphatic carbocycles. The monoisotopic (exact) mass is 488 g/mol. The number of hydrogen-bond donors (Lipinski definition) is 1. The van der Waals surface area contributed by atoms with Gasteiger partial charge in [-0.25, -0.2) is 0 Å². The molecular weight excluding hydrogens is 452 g/mol. The van der Waals surface area contributed by atoms with Crippen LogP contribution in [-0.2, 0) is 17.9 Å². The topological polar surface area (TPSA) is 111 Å². The van der Waals surface area contributed by atoms with Crippen molar-refractivity contribution in [1.29, 1.82) is 0 Å². The fourth-order valence-electron chi connectivity index (χ4n) is 3.90. The second kappa shape index (κ2) is 14.0. The van der Waals surface area contributed by atoms with E-state index < -0.39 is 4.92 Å². The van der Waals surface area contributed by atoms with Crippen molar-refractivity contribution in [1.82, 2.24) is 4.90 Å². The van der Waals surface area contributed by atoms with Gasteiger partial charge in [-0.3, -0.25) is 14.9 Å². The number of amides is 1. The zero-order chi connectivity index (χ0) is 25.8. The van der Waals surface area contributed by atoms with Gasteiger partial charge in [-0.05, 0) is 30.2 Å². The number of rotatable bonds is 15. The molecule has 0 spiro atoms. The lowest BCUT2D eigenvalue weighted by atomic mass is 10.1. The number of nitro groups is 1. The molecule has 0 saturated heterocycles. The molecule has 0 bridgehead atoms. The van der Waals surface area contributed by atoms with Crippen LogP contribution in [0.15, 0.2) is 30.3 Å². The number of phenols is 1. The number of nitrogens with zero attached hydrogens (tertiary/aromatic N) is 2. The van der Waals surface area contributed by atoms with E-state index in [0.717, 1.165) is 37.7 Å². The van der Waals surface area contributed by atoms with E-state index in [-0.39, 0.29) is 36.2 Å². The molecule has 0 aliphatic rings. The van der Waals surface area contributed by atoms with E-state index >= 15 is 0 Å². The maximum atomic E-state index is 13.2. The van der Waals surface area contributed by atoms with Crippen molar-refractivity contribution in [3.63, 3.8) is 0 Å². The van der Waals surface area contributed by atoms with Crippen molar-refractivity contribution in [3.8, 4) is 23.0 Å². The zero-order valence-electron chi connectivity index (χ0n) is 21.0. The smallest absolute Gasteiger partial charge is 0.278 e. The van der Waals surface area contributed by atoms with E-state index in [0.29, 0.717) is 23.5 Å². The second-order valence-corrected chi connectivity index (χ2v) is 8.37. The number of carbonyl (C=O) groups is 1. The van der Waals surface area contributed by atoms with Crippen LogP contribution in [0.3, 0.4) is 0 Å². The lowest BCUT2D eigenvalue weighted by Gasteiger charge is -2.24. The van der Waals surface area contributed by atoms with Gasteiger partial charge >= 0.3 is 0 Å². The number of hydrogen-bond acceptors (Lipinski definition) is 7. The first-order chi connectivity index (χ1) is 16.8. The first-order valence-corrected chi connectivity index (χ1v) is 11.9. The van der Waals surface area contributed by atoms with Crippen molar-refractivity contribution in [2.45, 2.75) is 65.0 Å². The van der Waals surface area contributed by atoms with Gasteiger partial charge in [-0.15, -0.1) is 0 Å². The molecule has 0 saturated carbocycles. The predicted molar refractivity (Wildman–Crippen MR) is 133 cm³/mol. The number of nitro benzene ring substituents is 1. The molecule has 1 amide bonds. The molecular formula is C26H36N2O7. The first kappa shape index (κ1) is 27.8. The molecule has 9 heteroatoms. The molecule has 192 valence electrons. The van der Waals surface area contributed by atoms with Crippen LogP contribution in [-0.4, -0.2) is 42.2 Å². The van der Waals surface area contributed by atoms with Gasteiger partial charge in [-0.2, -0.15) is 0 Å². The summed E-state index contributed by atoms with van der Waals surface area (Å²) in [5.41, 5.74) is 0.928. The van der Waals surface area contributed by atoms with Gasteiger partial charge in [0.2, 0.25) is 5.91 Å². The van der Waals surface area contributed by atoms with Crippen LogP contribution in [0.5, 0.6) is 23.0 Å². The van der Waals surface area contributed by atoms with Crippen molar-refractivity contribution >= 4 is 11.6 Å². The maximum Gasteiger partial charge on any atom is 0.278 e. The molecule has 35 heavy (non-hydrogen) atoms. The van der Waals surface area contributed by atoms with Gasteiger partial charge in [0.05, 0.1) is 44.4 Å². The summed E-state index contributed by atoms with van der Waals surface area (Å²) >= 11 is 0. The summed E-state index contributed by atoms with van der Waals surface area (Å²) in [5.74, 6) is 0.787. The molecule has 2 aromatic carbocycles. The second-order valence-electron chi connectivity index (χ2n) is 8.37. The molecule has 0 radical (unpaired) electrons. The Labute approximate surface area is 206 Å². The van der Waals surface area contributed by atoms with Gasteiger partial charge < -0.3 is 24.2 Å². The predicted octanol–water partition coefficient (Wildman–Crippen LogP) is 5.61. The van der Waals surface area contributed by atoms with Crippen LogP contribution >= 0.6 is 0 Å². The number of unbranched alkanes of at least 4 members (excludes halogenated alkanes) is 5. The Morgan fingerprint density at radius 2 is 1.54 bits per heavy atom. The molecule has 0 atom stereocenters. The number of phenolic OH excluding ortho intramolecular Hbond substituents is 1. The van der Waals surface area contributed by atoms with E-state index in [2.05, 4.69) is 6.92 Å². The lowest BCUT2D eigenvalue weighted by molar-refractivity contribution is -0.385. The summed E-state index contributed by atoms with van der Waals surface area (Å²) < 4.78 is 15.7. The quantitative estimate of drug-likeness (QED) is 0.197. The minimum Gasteiger partial charge on any atom is -0.504 e. The van der Waals surface area contributed by atoms with Gasteiger partial charge in [0.25, 0.3) is 5.69 Å². The van der Waals surface area contributed by atoms with Crippen LogP contribution in [0, 0.1) is 10.1 Å². The normalized spacial score (nSPS) is 10.6. The highest BCUT2D eigenvalue weighted by Crippen LogP contribution is 2.35. The molecule has 2 rings (SSSR count). The van der Waals surface area contributed by atoms with Crippen LogP contribution in [0.1, 0.15) is 63.0 Å². The Morgan fingerprint density at radius 1 is 0.914 bits per heavy atom. The van der Waals surface area contributed by atoms with Crippen LogP contribution < -0.4 is 14.2 Å². The van der Waals surface area contributed by atoms with Gasteiger partial charge in [0, 0.05) is 13.0 Å². The van der Waals surface area contributed by atoms with E-state index in [1.54, 1.807) is 23.1 Å². The Hall–Kier alpha value is -3.49. The summed E-state index contributed by atoms with van der Waals surface area (Å²) in [6, 6.07) is 7.71. The Balaban J connectivity index is 2.31. The summed E-state index contributed by atoms with van der Waals surface area (Å²) in [5, 5.41) is 21.7. The molecule has 0 aliphatic heterocycles. The third-order valence-electron chi connectivity index (χ3n) is 5.86. The average Bonchev–Trinajstić information content (AvgIpc) is 2.86. The van der Waals surface area contributed by atoms with E-state index in [9.17, 15) is 20.0 Å². The third-order valence-corrected chi connectivity index (χ3v) is 5.86. The Bertz CT molecular complexity index is 994. The van der Waals surface area contributed by atoms with Crippen molar-refractivity contribution in [3.05, 3.63) is 51.6 Å². The summed E-state index contributed by atoms with van der Waals surface area (Å²) in [6.07, 6.45) is 6.65. The number of carbonyl (C=O) groups excluding carboxylic acids is 1. The lowest BCUT2D eigenvalue weighted by Crippen LogP contribution is -2.30. The highest BCUT2D eigenvalue weighted by molar-refractivity contribution is 5.76. The largest absolute Gasteiger partial charge is 0.504 e. The summed E-state index contributed by atoms with van der Waals surface area (Å²) in [6.45, 7) is 2.39. The molecule has 0 fully saturated rings. The van der Waals surface area contributed by atoms with Crippen LogP contribution in [0.4, 0.5) is 5.69 Å². The highest BCUT2D eigenvalue weighted by Gasteiger charge is 2.24. The zero-order valence-corrected chi connectivity index (χ0v) is 21.0. The van der Waals surface area contributed by atoms with Crippen molar-refractivity contribution in [2.75, 3.05) is 21.3 Å². The number of benzene rings is 2. The fraction of sp³-hybridized carbons (Fsp3) is 0.500. The molecule has 2 aromatic rings. The van der Waals surface area contributed by atoms with Gasteiger partial charge in [0.15, 0.2) is 23.0 Å². The average molecular weight is 489 g/mol. The minimum absolute atomic E-state index is 0.00302. The first-order valence-electron chi connectivity index (χ1n) is 11.9. The molecule has 0 aromatic heterocycles. The van der Waals surface area contributed by atoms with Crippen LogP contribution in [0.2, 0.25) is 0 Å². The van der Waals surface area contributed by atoms with E-state index in [1.807, 2.05) is 0 Å². The fourth-order valence-corrected chi connectivity index (χ4v) is 3.90. The van der Waals surface area contributed by atoms with Crippen LogP contribution in [0.25, 0.3) is 0 Å². The van der Waals surface area contributed by atoms with Gasteiger partial charge in [0.1, 0.15) is 0 Å². The van der Waals surface area contributed by atoms with Crippen molar-refractivity contribution in [2.24, 2.45) is 0 Å². The third kappa shape index (κ3) is 8.05. The summed E-state index contributed by atoms with van der Waals surface area (Å²) in [7, 11) is 4.32. The van der Waals surface area contributed by atoms with Crippen molar-refractivity contribution < 1.29 is 29.0 Å². The maximum absolute atomic E-state index is 13.2. The Kier molecular flexibility index (Phi) is 11.1. The molecule has 9 nitrogen and oxygen atoms in total. The molecule has 1 N–H and O–H groups in total. The van der Waals surface area contributed by atoms with Gasteiger partial charge in [-0.1, -0.05) is 45.1 Å². The minimum atomic E-state index is -0.489. The number of methoxy groups -OCH3 is 3. The SMILES string of the molecule is CCCCCCCCC(=O)N(Cc1ccc(O)c(OC)c1)Cc1cc(OC)c(OC)cc1[N+](=O)[O-]. The molecule has 0 unspecified atom stereocenters. The Morgan fingerprint density at radius 3 is 2.17 bits per heavy atom. The number of ether oxygens (including phenoxy) is 3. The molecule has 0 heterocycles. The van der Waals surface area contributed by atoms with E-state index in [1.165, 1.54) is 39.9 Å². The number of aromatic hydroxyl groups is 1. The summed E-state index contributed by atoms with van der Waals surface area (Å²) in [4.78, 5) is 26.1.